The molecule has 0 saturated heterocycles. The van der Waals surface area contributed by atoms with Gasteiger partial charge in [-0.15, -0.1) is 0 Å². The molecular weight excluding hydrogens is 368 g/mol. The molecule has 0 amide bonds. The molecule has 0 N–H and O–H groups in total. The predicted octanol–water partition coefficient (Wildman–Crippen LogP) is 5.11. The molecule has 0 saturated carbocycles. The molecule has 0 heterocycles. The Morgan fingerprint density at radius 2 is 1.14 bits per heavy atom. The van der Waals surface area contributed by atoms with Crippen molar-refractivity contribution in [1.82, 2.24) is 0 Å². The molecule has 0 rings (SSSR count). The van der Waals surface area contributed by atoms with Crippen molar-refractivity contribution in [2.75, 3.05) is 0 Å². The van der Waals surface area contributed by atoms with Gasteiger partial charge >= 0.3 is 99.0 Å². The summed E-state index contributed by atoms with van der Waals surface area (Å²) >= 11 is -2.55. The first-order chi connectivity index (χ1) is 6.81. The molecule has 0 aromatic heterocycles. The van der Waals surface area contributed by atoms with E-state index in [1.807, 2.05) is 0 Å². The molecule has 84 valence electrons. The van der Waals surface area contributed by atoms with Crippen LogP contribution in [-0.2, 0) is 0 Å². The fourth-order valence-electron chi connectivity index (χ4n) is 1.73. The molecule has 0 nitrogen and oxygen atoms in total. The van der Waals surface area contributed by atoms with Crippen molar-refractivity contribution in [2.45, 2.75) is 73.2 Å². The van der Waals surface area contributed by atoms with Gasteiger partial charge in [-0.1, -0.05) is 0 Å². The van der Waals surface area contributed by atoms with Crippen LogP contribution in [0.15, 0.2) is 0 Å². The third-order valence-corrected chi connectivity index (χ3v) is 10.8. The van der Waals surface area contributed by atoms with Crippen LogP contribution in [0.4, 0.5) is 2.51 Å². The van der Waals surface area contributed by atoms with Gasteiger partial charge in [-0.25, -0.2) is 0 Å². The Morgan fingerprint density at radius 1 is 0.714 bits per heavy atom. The van der Waals surface area contributed by atoms with Crippen LogP contribution >= 0.6 is 0 Å². The van der Waals surface area contributed by atoms with Crippen LogP contribution in [0.1, 0.15) is 65.2 Å². The first-order valence-electron chi connectivity index (χ1n) is 6.45. The van der Waals surface area contributed by atoms with E-state index in [2.05, 4.69) is 13.8 Å². The van der Waals surface area contributed by atoms with Crippen molar-refractivity contribution in [2.24, 2.45) is 0 Å². The van der Waals surface area contributed by atoms with Crippen molar-refractivity contribution in [1.29, 1.82) is 0 Å². The Hall–Kier alpha value is 0.852. The molecule has 0 unspecified atom stereocenters. The van der Waals surface area contributed by atoms with Gasteiger partial charge in [0.25, 0.3) is 0 Å². The van der Waals surface area contributed by atoms with Gasteiger partial charge in [0.2, 0.25) is 0 Å². The maximum absolute atomic E-state index is 13.5. The molecule has 2 heteroatoms. The van der Waals surface area contributed by atoms with Gasteiger partial charge in [-0.3, -0.25) is 0 Å². The fraction of sp³-hybridized carbons (Fsp3) is 1.00. The Bertz CT molecular complexity index is 94.5. The van der Waals surface area contributed by atoms with Gasteiger partial charge in [0, 0.05) is 0 Å². The maximum atomic E-state index is 13.5. The van der Waals surface area contributed by atoms with Crippen LogP contribution < -0.4 is 0 Å². The molecule has 0 fully saturated rings. The zero-order chi connectivity index (χ0) is 10.6. The standard InChI is InChI=1S/2C6H13.FH.Tl/c2*1-3-5-6-4-2;;/h2*1,3-6H2,2H3;1H;/q;;;+1/p-1. The van der Waals surface area contributed by atoms with Crippen molar-refractivity contribution >= 4 is 23.3 Å². The van der Waals surface area contributed by atoms with Gasteiger partial charge in [-0.05, 0) is 0 Å². The summed E-state index contributed by atoms with van der Waals surface area (Å²) in [6.07, 6.45) is 10.0. The number of unbranched alkanes of at least 4 members (excludes halogenated alkanes) is 6. The molecule has 0 radical (unpaired) electrons. The second-order valence-corrected chi connectivity index (χ2v) is 13.4. The molecule has 14 heavy (non-hydrogen) atoms. The molecule has 0 aromatic rings. The van der Waals surface area contributed by atoms with E-state index in [-0.39, 0.29) is 0 Å². The number of halogens is 1. The molecule has 0 aliphatic carbocycles. The van der Waals surface area contributed by atoms with Crippen LogP contribution in [0.3, 0.4) is 0 Å². The van der Waals surface area contributed by atoms with Crippen LogP contribution in [0.2, 0.25) is 7.96 Å². The fourth-order valence-corrected chi connectivity index (χ4v) is 8.54. The molecule has 0 aromatic carbocycles. The number of rotatable bonds is 10. The molecule has 0 bridgehead atoms. The van der Waals surface area contributed by atoms with Gasteiger partial charge in [0.15, 0.2) is 0 Å². The van der Waals surface area contributed by atoms with Crippen molar-refractivity contribution in [3.8, 4) is 0 Å². The average molecular weight is 394 g/mol. The number of hydrogen-bond acceptors (Lipinski definition) is 0. The molecule has 0 aliphatic heterocycles. The first kappa shape index (κ1) is 14.9. The minimum absolute atomic E-state index is 1.02. The molecule has 0 atom stereocenters. The second kappa shape index (κ2) is 11.9. The predicted molar refractivity (Wildman–Crippen MR) is 64.8 cm³/mol. The normalized spacial score (nSPS) is 10.5. The van der Waals surface area contributed by atoms with Gasteiger partial charge < -0.3 is 0 Å². The molecular formula is C12H26FTl. The summed E-state index contributed by atoms with van der Waals surface area (Å²) in [4.78, 5) is 0. The zero-order valence-corrected chi connectivity index (χ0v) is 14.5. The summed E-state index contributed by atoms with van der Waals surface area (Å²) in [6, 6.07) is 0. The van der Waals surface area contributed by atoms with E-state index in [1.165, 1.54) is 51.4 Å². The van der Waals surface area contributed by atoms with Crippen LogP contribution in [0.5, 0.6) is 0 Å². The summed E-state index contributed by atoms with van der Waals surface area (Å²) in [5, 5.41) is 0. The van der Waals surface area contributed by atoms with Crippen LogP contribution in [0, 0.1) is 0 Å². The monoisotopic (exact) mass is 394 g/mol. The second-order valence-electron chi connectivity index (χ2n) is 4.30. The van der Waals surface area contributed by atoms with E-state index in [0.717, 1.165) is 7.96 Å². The Kier molecular flexibility index (Phi) is 12.7. The third-order valence-electron chi connectivity index (χ3n) is 2.74. The first-order valence-corrected chi connectivity index (χ1v) is 14.5. The van der Waals surface area contributed by atoms with E-state index >= 15 is 0 Å². The topological polar surface area (TPSA) is 0 Å². The summed E-state index contributed by atoms with van der Waals surface area (Å²) in [6.45, 7) is 4.42. The van der Waals surface area contributed by atoms with Crippen molar-refractivity contribution in [3.05, 3.63) is 0 Å². The molecule has 0 aliphatic rings. The van der Waals surface area contributed by atoms with Gasteiger partial charge in [-0.2, -0.15) is 0 Å². The summed E-state index contributed by atoms with van der Waals surface area (Å²) < 4.78 is 15.5. The van der Waals surface area contributed by atoms with Crippen LogP contribution in [0.25, 0.3) is 0 Å². The number of hydrogen-bond donors (Lipinski definition) is 0. The van der Waals surface area contributed by atoms with E-state index in [9.17, 15) is 2.51 Å². The SMILES string of the molecule is CCCCC[CH2][Tl]([F])[CH2]CCCCC. The summed E-state index contributed by atoms with van der Waals surface area (Å²) in [5.74, 6) is 0. The van der Waals surface area contributed by atoms with Crippen molar-refractivity contribution < 1.29 is 2.51 Å². The van der Waals surface area contributed by atoms with Crippen molar-refractivity contribution in [3.63, 3.8) is 0 Å². The Labute approximate surface area is 98.7 Å². The summed E-state index contributed by atoms with van der Waals surface area (Å²) in [5.41, 5.74) is 0. The van der Waals surface area contributed by atoms with E-state index in [0.29, 0.717) is 0 Å². The molecule has 0 spiro atoms. The van der Waals surface area contributed by atoms with Gasteiger partial charge in [0.1, 0.15) is 0 Å². The Morgan fingerprint density at radius 3 is 1.50 bits per heavy atom. The van der Waals surface area contributed by atoms with Gasteiger partial charge in [0.05, 0.1) is 0 Å². The average Bonchev–Trinajstić information content (AvgIpc) is 2.19. The quantitative estimate of drug-likeness (QED) is 0.357. The third kappa shape index (κ3) is 10.9. The Balaban J connectivity index is 3.07. The van der Waals surface area contributed by atoms with E-state index in [4.69, 9.17) is 0 Å². The summed E-state index contributed by atoms with van der Waals surface area (Å²) in [7, 11) is 0. The van der Waals surface area contributed by atoms with E-state index < -0.39 is 23.3 Å². The zero-order valence-electron chi connectivity index (χ0n) is 10.0. The van der Waals surface area contributed by atoms with Crippen LogP contribution in [-0.4, -0.2) is 23.3 Å². The van der Waals surface area contributed by atoms with E-state index in [1.54, 1.807) is 0 Å². The minimum atomic E-state index is -2.55.